The standard InChI is InChI=1S/C17H19N5O2/c1-11-4-5-15(14(6-11)17(23)18-2)19-9-13-7-16(21-24-13)12-8-20-22(3)10-12/h4-8,10,19H,9H2,1-3H3,(H,18,23). The molecule has 24 heavy (non-hydrogen) atoms. The largest absolute Gasteiger partial charge is 0.377 e. The Morgan fingerprint density at radius 2 is 2.17 bits per heavy atom. The van der Waals surface area contributed by atoms with E-state index in [1.807, 2.05) is 44.4 Å². The zero-order valence-electron chi connectivity index (χ0n) is 13.8. The molecule has 0 aliphatic rings. The summed E-state index contributed by atoms with van der Waals surface area (Å²) in [6.45, 7) is 2.38. The van der Waals surface area contributed by atoms with E-state index in [9.17, 15) is 4.79 Å². The summed E-state index contributed by atoms with van der Waals surface area (Å²) in [5.74, 6) is 0.548. The number of rotatable bonds is 5. The smallest absolute Gasteiger partial charge is 0.253 e. The van der Waals surface area contributed by atoms with E-state index in [0.29, 0.717) is 17.9 Å². The molecular formula is C17H19N5O2. The highest BCUT2D eigenvalue weighted by Gasteiger charge is 2.12. The maximum atomic E-state index is 12.0. The Balaban J connectivity index is 1.75. The second-order valence-corrected chi connectivity index (χ2v) is 5.56. The van der Waals surface area contributed by atoms with Gasteiger partial charge in [0, 0.05) is 37.6 Å². The monoisotopic (exact) mass is 325 g/mol. The molecule has 3 rings (SSSR count). The van der Waals surface area contributed by atoms with Gasteiger partial charge in [-0.05, 0) is 19.1 Å². The molecule has 0 unspecified atom stereocenters. The molecule has 7 nitrogen and oxygen atoms in total. The molecule has 3 aromatic rings. The Labute approximate surface area is 139 Å². The third-order valence-electron chi connectivity index (χ3n) is 3.66. The number of nitrogens with one attached hydrogen (secondary N) is 2. The molecule has 1 aromatic carbocycles. The number of hydrogen-bond donors (Lipinski definition) is 2. The average Bonchev–Trinajstić information content (AvgIpc) is 3.21. The molecule has 0 bridgehead atoms. The SMILES string of the molecule is CNC(=O)c1cc(C)ccc1NCc1cc(-c2cnn(C)c2)no1. The summed E-state index contributed by atoms with van der Waals surface area (Å²) in [7, 11) is 3.47. The van der Waals surface area contributed by atoms with Crippen molar-refractivity contribution in [3.63, 3.8) is 0 Å². The van der Waals surface area contributed by atoms with Crippen molar-refractivity contribution < 1.29 is 9.32 Å². The maximum Gasteiger partial charge on any atom is 0.253 e. The molecule has 7 heteroatoms. The molecule has 0 fully saturated rings. The van der Waals surface area contributed by atoms with Gasteiger partial charge in [0.1, 0.15) is 5.69 Å². The molecule has 2 aromatic heterocycles. The number of aromatic nitrogens is 3. The quantitative estimate of drug-likeness (QED) is 0.752. The van der Waals surface area contributed by atoms with Crippen LogP contribution < -0.4 is 10.6 Å². The molecule has 0 atom stereocenters. The third kappa shape index (κ3) is 3.29. The minimum Gasteiger partial charge on any atom is -0.377 e. The van der Waals surface area contributed by atoms with Gasteiger partial charge in [-0.15, -0.1) is 0 Å². The Bertz CT molecular complexity index is 866. The predicted molar refractivity (Wildman–Crippen MR) is 90.6 cm³/mol. The molecule has 0 radical (unpaired) electrons. The molecule has 0 saturated heterocycles. The van der Waals surface area contributed by atoms with Crippen molar-refractivity contribution >= 4 is 11.6 Å². The average molecular weight is 325 g/mol. The van der Waals surface area contributed by atoms with E-state index in [2.05, 4.69) is 20.9 Å². The lowest BCUT2D eigenvalue weighted by Gasteiger charge is -2.10. The van der Waals surface area contributed by atoms with Crippen molar-refractivity contribution in [2.75, 3.05) is 12.4 Å². The van der Waals surface area contributed by atoms with Crippen LogP contribution in [0.4, 0.5) is 5.69 Å². The van der Waals surface area contributed by atoms with Crippen LogP contribution in [-0.2, 0) is 13.6 Å². The first-order valence-corrected chi connectivity index (χ1v) is 7.58. The molecule has 0 aliphatic carbocycles. The highest BCUT2D eigenvalue weighted by molar-refractivity contribution is 5.99. The topological polar surface area (TPSA) is 85.0 Å². The van der Waals surface area contributed by atoms with Crippen LogP contribution in [0.3, 0.4) is 0 Å². The van der Waals surface area contributed by atoms with E-state index in [-0.39, 0.29) is 5.91 Å². The van der Waals surface area contributed by atoms with Crippen molar-refractivity contribution in [1.29, 1.82) is 0 Å². The van der Waals surface area contributed by atoms with Crippen LogP contribution in [-0.4, -0.2) is 27.9 Å². The number of benzene rings is 1. The zero-order valence-corrected chi connectivity index (χ0v) is 13.8. The van der Waals surface area contributed by atoms with Gasteiger partial charge in [-0.25, -0.2) is 0 Å². The van der Waals surface area contributed by atoms with Crippen LogP contribution in [0.5, 0.6) is 0 Å². The van der Waals surface area contributed by atoms with E-state index in [1.165, 1.54) is 0 Å². The van der Waals surface area contributed by atoms with Gasteiger partial charge in [0.15, 0.2) is 5.76 Å². The van der Waals surface area contributed by atoms with Gasteiger partial charge in [0.05, 0.1) is 18.3 Å². The lowest BCUT2D eigenvalue weighted by molar-refractivity contribution is 0.0963. The second kappa shape index (κ2) is 6.57. The van der Waals surface area contributed by atoms with E-state index in [4.69, 9.17) is 4.52 Å². The fourth-order valence-electron chi connectivity index (χ4n) is 2.40. The Hall–Kier alpha value is -3.09. The Morgan fingerprint density at radius 1 is 1.33 bits per heavy atom. The first kappa shape index (κ1) is 15.8. The highest BCUT2D eigenvalue weighted by Crippen LogP contribution is 2.21. The van der Waals surface area contributed by atoms with Crippen molar-refractivity contribution in [3.05, 3.63) is 53.5 Å². The van der Waals surface area contributed by atoms with E-state index in [0.717, 1.165) is 22.5 Å². The highest BCUT2D eigenvalue weighted by atomic mass is 16.5. The minimum atomic E-state index is -0.130. The van der Waals surface area contributed by atoms with Crippen molar-refractivity contribution in [2.24, 2.45) is 7.05 Å². The van der Waals surface area contributed by atoms with Gasteiger partial charge in [-0.2, -0.15) is 5.10 Å². The molecule has 0 saturated carbocycles. The summed E-state index contributed by atoms with van der Waals surface area (Å²) < 4.78 is 7.06. The maximum absolute atomic E-state index is 12.0. The number of hydrogen-bond acceptors (Lipinski definition) is 5. The summed E-state index contributed by atoms with van der Waals surface area (Å²) in [4.78, 5) is 12.0. The molecule has 0 aliphatic heterocycles. The van der Waals surface area contributed by atoms with Gasteiger partial charge >= 0.3 is 0 Å². The van der Waals surface area contributed by atoms with Gasteiger partial charge in [0.25, 0.3) is 5.91 Å². The second-order valence-electron chi connectivity index (χ2n) is 5.56. The minimum absolute atomic E-state index is 0.130. The molecular weight excluding hydrogens is 306 g/mol. The lowest BCUT2D eigenvalue weighted by Crippen LogP contribution is -2.19. The molecule has 1 amide bonds. The molecule has 2 N–H and O–H groups in total. The summed E-state index contributed by atoms with van der Waals surface area (Å²) in [6.07, 6.45) is 3.61. The van der Waals surface area contributed by atoms with Gasteiger partial charge in [0.2, 0.25) is 0 Å². The normalized spacial score (nSPS) is 10.6. The first-order valence-electron chi connectivity index (χ1n) is 7.58. The summed E-state index contributed by atoms with van der Waals surface area (Å²) >= 11 is 0. The number of amides is 1. The van der Waals surface area contributed by atoms with E-state index >= 15 is 0 Å². The van der Waals surface area contributed by atoms with Gasteiger partial charge in [-0.1, -0.05) is 16.8 Å². The fraction of sp³-hybridized carbons (Fsp3) is 0.235. The van der Waals surface area contributed by atoms with E-state index < -0.39 is 0 Å². The van der Waals surface area contributed by atoms with Crippen molar-refractivity contribution in [2.45, 2.75) is 13.5 Å². The van der Waals surface area contributed by atoms with Crippen LogP contribution in [0.1, 0.15) is 21.7 Å². The van der Waals surface area contributed by atoms with Gasteiger partial charge in [-0.3, -0.25) is 9.48 Å². The summed E-state index contributed by atoms with van der Waals surface area (Å²) in [6, 6.07) is 7.55. The number of anilines is 1. The van der Waals surface area contributed by atoms with Crippen LogP contribution in [0.2, 0.25) is 0 Å². The number of nitrogens with zero attached hydrogens (tertiary/aromatic N) is 3. The van der Waals surface area contributed by atoms with Crippen molar-refractivity contribution in [3.8, 4) is 11.3 Å². The molecule has 2 heterocycles. The van der Waals surface area contributed by atoms with E-state index in [1.54, 1.807) is 17.9 Å². The summed E-state index contributed by atoms with van der Waals surface area (Å²) in [5.41, 5.74) is 4.01. The zero-order chi connectivity index (χ0) is 17.1. The first-order chi connectivity index (χ1) is 11.6. The van der Waals surface area contributed by atoms with Crippen LogP contribution in [0.25, 0.3) is 11.3 Å². The lowest BCUT2D eigenvalue weighted by atomic mass is 10.1. The molecule has 124 valence electrons. The predicted octanol–water partition coefficient (Wildman–Crippen LogP) is 2.36. The van der Waals surface area contributed by atoms with Gasteiger partial charge < -0.3 is 15.2 Å². The number of carbonyl (C=O) groups is 1. The fourth-order valence-corrected chi connectivity index (χ4v) is 2.40. The van der Waals surface area contributed by atoms with Crippen LogP contribution in [0.15, 0.2) is 41.2 Å². The third-order valence-corrected chi connectivity index (χ3v) is 3.66. The Kier molecular flexibility index (Phi) is 4.33. The Morgan fingerprint density at radius 3 is 2.88 bits per heavy atom. The summed E-state index contributed by atoms with van der Waals surface area (Å²) in [5, 5.41) is 14.0. The van der Waals surface area contributed by atoms with Crippen LogP contribution in [0, 0.1) is 6.92 Å². The van der Waals surface area contributed by atoms with Crippen LogP contribution >= 0.6 is 0 Å². The molecule has 0 spiro atoms. The van der Waals surface area contributed by atoms with Crippen molar-refractivity contribution in [1.82, 2.24) is 20.3 Å². The number of aryl methyl sites for hydroxylation is 2. The number of carbonyl (C=O) groups excluding carboxylic acids is 1.